The van der Waals surface area contributed by atoms with E-state index in [1.165, 1.54) is 16.5 Å². The summed E-state index contributed by atoms with van der Waals surface area (Å²) >= 11 is 1.15. The molecule has 5 nitrogen and oxygen atoms in total. The number of hydrogen-bond acceptors (Lipinski definition) is 4. The number of rotatable bonds is 6. The molecule has 0 aliphatic heterocycles. The Bertz CT molecular complexity index is 733. The second kappa shape index (κ2) is 7.28. The molecule has 0 saturated heterocycles. The van der Waals surface area contributed by atoms with Gasteiger partial charge < -0.3 is 10.0 Å². The van der Waals surface area contributed by atoms with Gasteiger partial charge >= 0.3 is 5.97 Å². The molecule has 1 aromatic carbocycles. The molecule has 8 heteroatoms. The molecule has 1 N–H and O–H groups in total. The van der Waals surface area contributed by atoms with Crippen molar-refractivity contribution in [2.24, 2.45) is 0 Å². The number of hydrogen-bond donors (Lipinski definition) is 1. The first-order chi connectivity index (χ1) is 10.9. The van der Waals surface area contributed by atoms with Crippen LogP contribution in [0.1, 0.15) is 27.3 Å². The van der Waals surface area contributed by atoms with E-state index < -0.39 is 17.6 Å². The topological polar surface area (TPSA) is 70.5 Å². The highest BCUT2D eigenvalue weighted by molar-refractivity contribution is 7.11. The average molecular weight is 340 g/mol. The van der Waals surface area contributed by atoms with Crippen molar-refractivity contribution in [2.75, 3.05) is 6.54 Å². The van der Waals surface area contributed by atoms with Crippen molar-refractivity contribution in [1.82, 2.24) is 9.88 Å². The number of benzene rings is 1. The van der Waals surface area contributed by atoms with Crippen LogP contribution in [-0.4, -0.2) is 33.4 Å². The van der Waals surface area contributed by atoms with E-state index in [0.29, 0.717) is 16.1 Å². The third-order valence-corrected chi connectivity index (χ3v) is 4.10. The molecule has 1 aromatic heterocycles. The molecule has 2 rings (SSSR count). The van der Waals surface area contributed by atoms with Crippen LogP contribution in [0.15, 0.2) is 23.7 Å². The number of aliphatic carboxylic acids is 1. The molecule has 0 bridgehead atoms. The van der Waals surface area contributed by atoms with E-state index in [1.807, 2.05) is 0 Å². The van der Waals surface area contributed by atoms with E-state index in [0.717, 1.165) is 23.5 Å². The Morgan fingerprint density at radius 2 is 2.04 bits per heavy atom. The Morgan fingerprint density at radius 1 is 1.30 bits per heavy atom. The van der Waals surface area contributed by atoms with Crippen LogP contribution in [0.4, 0.5) is 8.78 Å². The van der Waals surface area contributed by atoms with Gasteiger partial charge in [-0.25, -0.2) is 13.8 Å². The van der Waals surface area contributed by atoms with Gasteiger partial charge in [-0.05, 0) is 24.6 Å². The van der Waals surface area contributed by atoms with E-state index >= 15 is 0 Å². The highest BCUT2D eigenvalue weighted by Gasteiger charge is 2.21. The van der Waals surface area contributed by atoms with Crippen LogP contribution in [-0.2, 0) is 11.3 Å². The van der Waals surface area contributed by atoms with Crippen molar-refractivity contribution in [2.45, 2.75) is 19.9 Å². The second-order valence-corrected chi connectivity index (χ2v) is 5.74. The Hall–Kier alpha value is -2.35. The highest BCUT2D eigenvalue weighted by atomic mass is 32.1. The van der Waals surface area contributed by atoms with E-state index in [2.05, 4.69) is 4.98 Å². The molecular weight excluding hydrogens is 326 g/mol. The summed E-state index contributed by atoms with van der Waals surface area (Å²) in [6.07, 6.45) is -0.243. The third-order valence-electron chi connectivity index (χ3n) is 3.18. The lowest BCUT2D eigenvalue weighted by Crippen LogP contribution is -2.32. The number of carboxylic acid groups (broad SMARTS) is 1. The lowest BCUT2D eigenvalue weighted by atomic mass is 10.2. The smallest absolute Gasteiger partial charge is 0.305 e. The number of nitrogens with zero attached hydrogens (tertiary/aromatic N) is 2. The highest BCUT2D eigenvalue weighted by Crippen LogP contribution is 2.18. The van der Waals surface area contributed by atoms with Crippen molar-refractivity contribution < 1.29 is 23.5 Å². The van der Waals surface area contributed by atoms with Crippen molar-refractivity contribution in [3.05, 3.63) is 51.5 Å². The second-order valence-electron chi connectivity index (χ2n) is 4.89. The fourth-order valence-electron chi connectivity index (χ4n) is 1.99. The van der Waals surface area contributed by atoms with Gasteiger partial charge in [0.05, 0.1) is 17.6 Å². The SMILES string of the molecule is Cc1ncsc1C(=O)N(CCC(=O)O)Cc1ccc(F)c(F)c1. The predicted molar refractivity (Wildman–Crippen MR) is 80.2 cm³/mol. The Morgan fingerprint density at radius 3 is 2.61 bits per heavy atom. The number of halogens is 2. The molecule has 0 spiro atoms. The summed E-state index contributed by atoms with van der Waals surface area (Å²) in [4.78, 5) is 29.0. The van der Waals surface area contributed by atoms with Crippen molar-refractivity contribution >= 4 is 23.2 Å². The normalized spacial score (nSPS) is 10.6. The summed E-state index contributed by atoms with van der Waals surface area (Å²) in [7, 11) is 0. The first-order valence-electron chi connectivity index (χ1n) is 6.73. The molecule has 0 radical (unpaired) electrons. The van der Waals surface area contributed by atoms with Crippen LogP contribution >= 0.6 is 11.3 Å². The lowest BCUT2D eigenvalue weighted by Gasteiger charge is -2.22. The molecule has 0 aliphatic carbocycles. The van der Waals surface area contributed by atoms with Crippen LogP contribution in [0.3, 0.4) is 0 Å². The van der Waals surface area contributed by atoms with Gasteiger partial charge in [-0.2, -0.15) is 0 Å². The first kappa shape index (κ1) is 17.0. The molecule has 0 atom stereocenters. The van der Waals surface area contributed by atoms with Crippen LogP contribution in [0.2, 0.25) is 0 Å². The minimum absolute atomic E-state index is 0.0132. The number of amides is 1. The average Bonchev–Trinajstić information content (AvgIpc) is 2.92. The Balaban J connectivity index is 2.22. The van der Waals surface area contributed by atoms with Gasteiger partial charge in [0.15, 0.2) is 11.6 Å². The van der Waals surface area contributed by atoms with Gasteiger partial charge in [0.25, 0.3) is 5.91 Å². The zero-order valence-corrected chi connectivity index (χ0v) is 13.1. The molecule has 1 amide bonds. The summed E-state index contributed by atoms with van der Waals surface area (Å²) < 4.78 is 26.3. The van der Waals surface area contributed by atoms with Crippen LogP contribution in [0.5, 0.6) is 0 Å². The minimum Gasteiger partial charge on any atom is -0.481 e. The number of carbonyl (C=O) groups is 2. The van der Waals surface area contributed by atoms with E-state index in [9.17, 15) is 18.4 Å². The summed E-state index contributed by atoms with van der Waals surface area (Å²) in [5, 5.41) is 8.82. The standard InChI is InChI=1S/C15H14F2N2O3S/c1-9-14(23-8-18-9)15(22)19(5-4-13(20)21)7-10-2-3-11(16)12(17)6-10/h2-3,6,8H,4-5,7H2,1H3,(H,20,21). The zero-order chi connectivity index (χ0) is 17.0. The minimum atomic E-state index is -1.05. The third kappa shape index (κ3) is 4.32. The number of carboxylic acids is 1. The van der Waals surface area contributed by atoms with Gasteiger partial charge in [0.2, 0.25) is 0 Å². The van der Waals surface area contributed by atoms with Gasteiger partial charge in [0.1, 0.15) is 4.88 Å². The van der Waals surface area contributed by atoms with E-state index in [4.69, 9.17) is 5.11 Å². The molecule has 0 aliphatic rings. The van der Waals surface area contributed by atoms with Gasteiger partial charge in [-0.3, -0.25) is 9.59 Å². The largest absolute Gasteiger partial charge is 0.481 e. The van der Waals surface area contributed by atoms with E-state index in [1.54, 1.807) is 6.92 Å². The first-order valence-corrected chi connectivity index (χ1v) is 7.61. The molecule has 122 valence electrons. The summed E-state index contributed by atoms with van der Waals surface area (Å²) in [6, 6.07) is 3.33. The summed E-state index contributed by atoms with van der Waals surface area (Å²) in [6.45, 7) is 1.63. The van der Waals surface area contributed by atoms with Crippen molar-refractivity contribution in [3.63, 3.8) is 0 Å². The quantitative estimate of drug-likeness (QED) is 0.878. The molecule has 0 fully saturated rings. The number of aromatic nitrogens is 1. The monoisotopic (exact) mass is 340 g/mol. The zero-order valence-electron chi connectivity index (χ0n) is 12.3. The molecule has 2 aromatic rings. The van der Waals surface area contributed by atoms with Crippen molar-refractivity contribution in [3.8, 4) is 0 Å². The lowest BCUT2D eigenvalue weighted by molar-refractivity contribution is -0.137. The fourth-order valence-corrected chi connectivity index (χ4v) is 2.76. The molecule has 23 heavy (non-hydrogen) atoms. The maximum atomic E-state index is 13.3. The number of aryl methyl sites for hydroxylation is 1. The molecule has 0 unspecified atom stereocenters. The number of thiazole rings is 1. The summed E-state index contributed by atoms with van der Waals surface area (Å²) in [5.74, 6) is -3.41. The predicted octanol–water partition coefficient (Wildman–Crippen LogP) is 2.85. The van der Waals surface area contributed by atoms with E-state index in [-0.39, 0.29) is 25.4 Å². The van der Waals surface area contributed by atoms with Gasteiger partial charge in [-0.15, -0.1) is 11.3 Å². The maximum absolute atomic E-state index is 13.3. The molecule has 1 heterocycles. The molecule has 0 saturated carbocycles. The fraction of sp³-hybridized carbons (Fsp3) is 0.267. The maximum Gasteiger partial charge on any atom is 0.305 e. The van der Waals surface area contributed by atoms with Gasteiger partial charge in [0, 0.05) is 13.1 Å². The van der Waals surface area contributed by atoms with Crippen LogP contribution < -0.4 is 0 Å². The summed E-state index contributed by atoms with van der Waals surface area (Å²) in [5.41, 5.74) is 2.45. The van der Waals surface area contributed by atoms with Crippen LogP contribution in [0.25, 0.3) is 0 Å². The number of carbonyl (C=O) groups excluding carboxylic acids is 1. The molecular formula is C15H14F2N2O3S. The van der Waals surface area contributed by atoms with Gasteiger partial charge in [-0.1, -0.05) is 6.07 Å². The van der Waals surface area contributed by atoms with Crippen molar-refractivity contribution in [1.29, 1.82) is 0 Å². The Kier molecular flexibility index (Phi) is 5.38. The van der Waals surface area contributed by atoms with Crippen LogP contribution in [0, 0.1) is 18.6 Å². The Labute approximate surface area is 135 Å².